The first kappa shape index (κ1) is 56.2. The Bertz CT molecular complexity index is 1220. The second-order valence-electron chi connectivity index (χ2n) is 16.2. The molecule has 0 amide bonds. The minimum Gasteiger partial charge on any atom is -0.462 e. The number of hydrogen-bond donors (Lipinski definition) is 4. The Labute approximate surface area is 370 Å². The van der Waals surface area contributed by atoms with Gasteiger partial charge in [-0.2, -0.15) is 0 Å². The number of carbonyl (C=O) groups excluding carboxylic acids is 2. The van der Waals surface area contributed by atoms with Crippen molar-refractivity contribution in [1.82, 2.24) is 0 Å². The van der Waals surface area contributed by atoms with Crippen LogP contribution >= 0.6 is 0 Å². The summed E-state index contributed by atoms with van der Waals surface area (Å²) in [6.07, 6.45) is 44.8. The largest absolute Gasteiger partial charge is 0.462 e. The molecule has 0 radical (unpaired) electrons. The van der Waals surface area contributed by atoms with Crippen LogP contribution in [-0.4, -0.2) is 89.0 Å². The Morgan fingerprint density at radius 2 is 0.951 bits per heavy atom. The van der Waals surface area contributed by atoms with E-state index in [4.69, 9.17) is 18.9 Å². The molecule has 4 N–H and O–H groups in total. The van der Waals surface area contributed by atoms with Gasteiger partial charge in [-0.1, -0.05) is 164 Å². The molecule has 0 bridgehead atoms. The van der Waals surface area contributed by atoms with Gasteiger partial charge in [0.2, 0.25) is 0 Å². The number of carbonyl (C=O) groups is 2. The summed E-state index contributed by atoms with van der Waals surface area (Å²) in [5.41, 5.74) is 0. The molecule has 6 atom stereocenters. The van der Waals surface area contributed by atoms with Gasteiger partial charge in [0.1, 0.15) is 31.0 Å². The number of aliphatic hydroxyl groups is 4. The minimum absolute atomic E-state index is 0.149. The number of hydrogen-bond acceptors (Lipinski definition) is 10. The molecule has 2 unspecified atom stereocenters. The van der Waals surface area contributed by atoms with Gasteiger partial charge in [-0.3, -0.25) is 9.59 Å². The Morgan fingerprint density at radius 1 is 0.508 bits per heavy atom. The van der Waals surface area contributed by atoms with Crippen molar-refractivity contribution in [2.24, 2.45) is 0 Å². The van der Waals surface area contributed by atoms with Crippen LogP contribution in [0.25, 0.3) is 0 Å². The summed E-state index contributed by atoms with van der Waals surface area (Å²) in [4.78, 5) is 25.4. The highest BCUT2D eigenvalue weighted by Gasteiger charge is 2.44. The zero-order valence-corrected chi connectivity index (χ0v) is 38.1. The average molecular weight is 859 g/mol. The van der Waals surface area contributed by atoms with Crippen LogP contribution in [0.15, 0.2) is 72.9 Å². The Kier molecular flexibility index (Phi) is 37.9. The molecule has 61 heavy (non-hydrogen) atoms. The van der Waals surface area contributed by atoms with Crippen molar-refractivity contribution in [3.05, 3.63) is 72.9 Å². The Balaban J connectivity index is 2.36. The standard InChI is InChI=1S/C51H86O10/c1-3-5-7-9-11-13-15-17-19-21-22-24-25-27-29-31-33-35-37-39-46(53)58-42-44(43-59-51-50(57)49(56)48(55)45(41-52)61-51)60-47(54)40-38-36-34-32-30-28-26-23-20-18-16-14-12-10-8-6-4-2/h11,13-14,16-17,19,22,24,27,29,33,35,44-45,48-52,55-57H,3-10,12,15,18,20-21,23,25-26,28,30-32,34,36-43H2,1-2H3/b13-11+,16-14+,19-17+,24-22+,29-27+,35-33+/t44-,45-,48+,49?,50?,51-/m0/s1. The summed E-state index contributed by atoms with van der Waals surface area (Å²) in [5.74, 6) is -0.908. The van der Waals surface area contributed by atoms with Crippen molar-refractivity contribution in [3.63, 3.8) is 0 Å². The Morgan fingerprint density at radius 3 is 1.49 bits per heavy atom. The summed E-state index contributed by atoms with van der Waals surface area (Å²) in [6.45, 7) is 3.31. The maximum absolute atomic E-state index is 12.8. The first-order valence-electron chi connectivity index (χ1n) is 24.0. The van der Waals surface area contributed by atoms with Gasteiger partial charge in [0, 0.05) is 12.8 Å². The normalized spacial score (nSPS) is 20.4. The molecule has 10 nitrogen and oxygen atoms in total. The first-order chi connectivity index (χ1) is 29.8. The van der Waals surface area contributed by atoms with Crippen molar-refractivity contribution in [1.29, 1.82) is 0 Å². The smallest absolute Gasteiger partial charge is 0.306 e. The summed E-state index contributed by atoms with van der Waals surface area (Å²) in [5, 5.41) is 40.1. The maximum atomic E-state index is 12.8. The molecule has 10 heteroatoms. The van der Waals surface area contributed by atoms with E-state index in [-0.39, 0.29) is 26.1 Å². The van der Waals surface area contributed by atoms with E-state index < -0.39 is 55.4 Å². The highest BCUT2D eigenvalue weighted by Crippen LogP contribution is 2.22. The predicted octanol–water partition coefficient (Wildman–Crippen LogP) is 10.8. The lowest BCUT2D eigenvalue weighted by molar-refractivity contribution is -0.305. The van der Waals surface area contributed by atoms with Gasteiger partial charge in [-0.25, -0.2) is 0 Å². The molecule has 0 aromatic carbocycles. The first-order valence-corrected chi connectivity index (χ1v) is 24.0. The van der Waals surface area contributed by atoms with Crippen LogP contribution in [0.4, 0.5) is 0 Å². The van der Waals surface area contributed by atoms with Gasteiger partial charge in [0.25, 0.3) is 0 Å². The lowest BCUT2D eigenvalue weighted by Gasteiger charge is -2.39. The number of allylic oxidation sites excluding steroid dienone is 12. The van der Waals surface area contributed by atoms with Gasteiger partial charge in [0.15, 0.2) is 12.4 Å². The molecule has 1 aliphatic heterocycles. The number of rotatable bonds is 39. The molecule has 1 fully saturated rings. The van der Waals surface area contributed by atoms with Gasteiger partial charge in [-0.15, -0.1) is 0 Å². The minimum atomic E-state index is -1.61. The van der Waals surface area contributed by atoms with E-state index in [1.165, 1.54) is 96.3 Å². The van der Waals surface area contributed by atoms with Crippen molar-refractivity contribution >= 4 is 11.9 Å². The highest BCUT2D eigenvalue weighted by atomic mass is 16.7. The van der Waals surface area contributed by atoms with Crippen LogP contribution in [0.5, 0.6) is 0 Å². The average Bonchev–Trinajstić information content (AvgIpc) is 3.26. The molecule has 1 rings (SSSR count). The van der Waals surface area contributed by atoms with Crippen molar-refractivity contribution in [2.75, 3.05) is 19.8 Å². The summed E-state index contributed by atoms with van der Waals surface area (Å²) in [7, 11) is 0. The molecule has 1 saturated heterocycles. The molecule has 0 aromatic rings. The Hall–Kier alpha value is -2.86. The molecule has 0 spiro atoms. The molecule has 0 saturated carbocycles. The third-order valence-corrected chi connectivity index (χ3v) is 10.6. The van der Waals surface area contributed by atoms with Crippen molar-refractivity contribution in [2.45, 2.75) is 218 Å². The van der Waals surface area contributed by atoms with E-state index >= 15 is 0 Å². The van der Waals surface area contributed by atoms with E-state index in [0.29, 0.717) is 12.8 Å². The van der Waals surface area contributed by atoms with Crippen molar-refractivity contribution in [3.8, 4) is 0 Å². The molecule has 0 aromatic heterocycles. The molecule has 1 heterocycles. The topological polar surface area (TPSA) is 152 Å². The lowest BCUT2D eigenvalue weighted by Crippen LogP contribution is -2.59. The third kappa shape index (κ3) is 32.5. The van der Waals surface area contributed by atoms with Crippen LogP contribution in [0.2, 0.25) is 0 Å². The predicted molar refractivity (Wildman–Crippen MR) is 247 cm³/mol. The lowest BCUT2D eigenvalue weighted by atomic mass is 9.99. The van der Waals surface area contributed by atoms with Gasteiger partial charge in [0.05, 0.1) is 13.2 Å². The molecule has 0 aliphatic carbocycles. The molecular formula is C51H86O10. The zero-order valence-electron chi connectivity index (χ0n) is 38.1. The van der Waals surface area contributed by atoms with E-state index in [1.54, 1.807) is 0 Å². The van der Waals surface area contributed by atoms with E-state index in [1.807, 2.05) is 12.2 Å². The number of ether oxygens (including phenoxy) is 4. The number of aliphatic hydroxyl groups excluding tert-OH is 4. The monoisotopic (exact) mass is 859 g/mol. The summed E-state index contributed by atoms with van der Waals surface area (Å²) in [6, 6.07) is 0. The fourth-order valence-corrected chi connectivity index (χ4v) is 6.75. The second kappa shape index (κ2) is 41.2. The zero-order chi connectivity index (χ0) is 44.4. The number of esters is 2. The quantitative estimate of drug-likeness (QED) is 0.0267. The summed E-state index contributed by atoms with van der Waals surface area (Å²) >= 11 is 0. The number of unbranched alkanes of at least 4 members (excludes halogenated alkanes) is 16. The maximum Gasteiger partial charge on any atom is 0.306 e. The van der Waals surface area contributed by atoms with Gasteiger partial charge in [-0.05, 0) is 77.0 Å². The summed E-state index contributed by atoms with van der Waals surface area (Å²) < 4.78 is 22.1. The fourth-order valence-electron chi connectivity index (χ4n) is 6.75. The van der Waals surface area contributed by atoms with Crippen LogP contribution < -0.4 is 0 Å². The van der Waals surface area contributed by atoms with Crippen LogP contribution in [0.3, 0.4) is 0 Å². The fraction of sp³-hybridized carbons (Fsp3) is 0.725. The van der Waals surface area contributed by atoms with Gasteiger partial charge < -0.3 is 39.4 Å². The second-order valence-corrected chi connectivity index (χ2v) is 16.2. The SMILES string of the molecule is CCCCC/C=C/C/C=C/C/C=C/C/C=C/C/C=C/CCC(=O)OC[C@@H](CO[C@H]1O[C@@H](CO)[C@@H](O)C(O)C1O)OC(=O)CCCCCCCCCCC/C=C/CCCCCC. The molecule has 350 valence electrons. The molecule has 1 aliphatic rings. The van der Waals surface area contributed by atoms with E-state index in [9.17, 15) is 30.0 Å². The van der Waals surface area contributed by atoms with Crippen molar-refractivity contribution < 1.29 is 49.0 Å². The van der Waals surface area contributed by atoms with Crippen LogP contribution in [-0.2, 0) is 28.5 Å². The highest BCUT2D eigenvalue weighted by molar-refractivity contribution is 5.70. The molecular weight excluding hydrogens is 773 g/mol. The van der Waals surface area contributed by atoms with E-state index in [2.05, 4.69) is 74.6 Å². The van der Waals surface area contributed by atoms with Crippen LogP contribution in [0, 0.1) is 0 Å². The third-order valence-electron chi connectivity index (χ3n) is 10.6. The van der Waals surface area contributed by atoms with Crippen LogP contribution in [0.1, 0.15) is 181 Å². The van der Waals surface area contributed by atoms with E-state index in [0.717, 1.165) is 44.9 Å². The van der Waals surface area contributed by atoms with Gasteiger partial charge >= 0.3 is 11.9 Å².